The first-order chi connectivity index (χ1) is 9.56. The van der Waals surface area contributed by atoms with Crippen LogP contribution in [0, 0.1) is 12.8 Å². The van der Waals surface area contributed by atoms with Gasteiger partial charge in [0.25, 0.3) is 0 Å². The highest BCUT2D eigenvalue weighted by atomic mass is 16.5. The second kappa shape index (κ2) is 6.11. The SMILES string of the molecule is COc1cc(C)c(NC(=O)C2COCC2N)cc1OC. The van der Waals surface area contributed by atoms with Gasteiger partial charge in [-0.25, -0.2) is 0 Å². The summed E-state index contributed by atoms with van der Waals surface area (Å²) in [5.41, 5.74) is 7.42. The lowest BCUT2D eigenvalue weighted by molar-refractivity contribution is -0.120. The maximum absolute atomic E-state index is 12.2. The molecule has 1 amide bonds. The van der Waals surface area contributed by atoms with Gasteiger partial charge < -0.3 is 25.3 Å². The number of anilines is 1. The highest BCUT2D eigenvalue weighted by Gasteiger charge is 2.31. The predicted molar refractivity (Wildman–Crippen MR) is 75.2 cm³/mol. The van der Waals surface area contributed by atoms with Crippen molar-refractivity contribution in [3.63, 3.8) is 0 Å². The fourth-order valence-electron chi connectivity index (χ4n) is 2.18. The Morgan fingerprint density at radius 2 is 1.95 bits per heavy atom. The minimum absolute atomic E-state index is 0.134. The summed E-state index contributed by atoms with van der Waals surface area (Å²) in [6.45, 7) is 2.67. The lowest BCUT2D eigenvalue weighted by Gasteiger charge is -2.17. The number of aryl methyl sites for hydroxylation is 1. The molecule has 110 valence electrons. The van der Waals surface area contributed by atoms with Gasteiger partial charge in [0, 0.05) is 17.8 Å². The van der Waals surface area contributed by atoms with Crippen LogP contribution in [-0.2, 0) is 9.53 Å². The van der Waals surface area contributed by atoms with Crippen molar-refractivity contribution in [3.05, 3.63) is 17.7 Å². The average Bonchev–Trinajstić information content (AvgIpc) is 2.86. The van der Waals surface area contributed by atoms with Crippen molar-refractivity contribution in [2.24, 2.45) is 11.7 Å². The predicted octanol–water partition coefficient (Wildman–Crippen LogP) is 0.924. The van der Waals surface area contributed by atoms with Gasteiger partial charge in [-0.2, -0.15) is 0 Å². The van der Waals surface area contributed by atoms with E-state index in [1.807, 2.05) is 13.0 Å². The van der Waals surface area contributed by atoms with Crippen LogP contribution in [0.3, 0.4) is 0 Å². The van der Waals surface area contributed by atoms with Crippen molar-refractivity contribution in [1.82, 2.24) is 0 Å². The minimum Gasteiger partial charge on any atom is -0.493 e. The van der Waals surface area contributed by atoms with Gasteiger partial charge in [0.1, 0.15) is 0 Å². The molecule has 0 spiro atoms. The van der Waals surface area contributed by atoms with Crippen LogP contribution in [0.15, 0.2) is 12.1 Å². The number of ether oxygens (including phenoxy) is 3. The molecule has 6 heteroatoms. The molecule has 0 aromatic heterocycles. The van der Waals surface area contributed by atoms with Crippen LogP contribution in [0.1, 0.15) is 5.56 Å². The van der Waals surface area contributed by atoms with E-state index in [9.17, 15) is 4.79 Å². The van der Waals surface area contributed by atoms with E-state index in [0.717, 1.165) is 5.56 Å². The number of methoxy groups -OCH3 is 2. The van der Waals surface area contributed by atoms with E-state index < -0.39 is 0 Å². The van der Waals surface area contributed by atoms with Crippen LogP contribution in [0.25, 0.3) is 0 Å². The van der Waals surface area contributed by atoms with Gasteiger partial charge in [-0.15, -0.1) is 0 Å². The van der Waals surface area contributed by atoms with Crippen LogP contribution in [-0.4, -0.2) is 39.4 Å². The molecule has 2 atom stereocenters. The summed E-state index contributed by atoms with van der Waals surface area (Å²) in [4.78, 5) is 12.2. The number of nitrogens with one attached hydrogen (secondary N) is 1. The minimum atomic E-state index is -0.317. The van der Waals surface area contributed by atoms with Gasteiger partial charge in [-0.1, -0.05) is 0 Å². The monoisotopic (exact) mass is 280 g/mol. The summed E-state index contributed by atoms with van der Waals surface area (Å²) >= 11 is 0. The van der Waals surface area contributed by atoms with Gasteiger partial charge in [-0.05, 0) is 18.6 Å². The number of hydrogen-bond donors (Lipinski definition) is 2. The number of amides is 1. The zero-order chi connectivity index (χ0) is 14.7. The average molecular weight is 280 g/mol. The molecule has 3 N–H and O–H groups in total. The van der Waals surface area contributed by atoms with E-state index in [1.54, 1.807) is 20.3 Å². The number of carbonyl (C=O) groups excluding carboxylic acids is 1. The van der Waals surface area contributed by atoms with Crippen LogP contribution in [0.5, 0.6) is 11.5 Å². The van der Waals surface area contributed by atoms with E-state index in [4.69, 9.17) is 19.9 Å². The Kier molecular flexibility index (Phi) is 4.46. The summed E-state index contributed by atoms with van der Waals surface area (Å²) in [6.07, 6.45) is 0. The second-order valence-corrected chi connectivity index (χ2v) is 4.82. The molecular formula is C14H20N2O4. The molecule has 1 saturated heterocycles. The van der Waals surface area contributed by atoms with Crippen LogP contribution in [0.4, 0.5) is 5.69 Å². The Morgan fingerprint density at radius 1 is 1.30 bits per heavy atom. The Morgan fingerprint density at radius 3 is 2.50 bits per heavy atom. The number of carbonyl (C=O) groups is 1. The van der Waals surface area contributed by atoms with Crippen molar-refractivity contribution < 1.29 is 19.0 Å². The van der Waals surface area contributed by atoms with E-state index >= 15 is 0 Å². The summed E-state index contributed by atoms with van der Waals surface area (Å²) in [5.74, 6) is 0.747. The third kappa shape index (κ3) is 2.86. The molecule has 1 aromatic carbocycles. The molecular weight excluding hydrogens is 260 g/mol. The zero-order valence-electron chi connectivity index (χ0n) is 11.9. The molecule has 1 aliphatic heterocycles. The lowest BCUT2D eigenvalue weighted by Crippen LogP contribution is -2.37. The number of benzene rings is 1. The van der Waals surface area contributed by atoms with Gasteiger partial charge >= 0.3 is 0 Å². The Bertz CT molecular complexity index is 504. The number of nitrogens with two attached hydrogens (primary N) is 1. The Labute approximate surface area is 118 Å². The first kappa shape index (κ1) is 14.6. The summed E-state index contributed by atoms with van der Waals surface area (Å²) in [6, 6.07) is 3.31. The van der Waals surface area contributed by atoms with Gasteiger partial charge in [-0.3, -0.25) is 4.79 Å². The van der Waals surface area contributed by atoms with Crippen LogP contribution >= 0.6 is 0 Å². The fourth-order valence-corrected chi connectivity index (χ4v) is 2.18. The smallest absolute Gasteiger partial charge is 0.231 e. The highest BCUT2D eigenvalue weighted by Crippen LogP contribution is 2.33. The first-order valence-corrected chi connectivity index (χ1v) is 6.43. The fraction of sp³-hybridized carbons (Fsp3) is 0.500. The Hall–Kier alpha value is -1.79. The van der Waals surface area contributed by atoms with Crippen molar-refractivity contribution in [1.29, 1.82) is 0 Å². The second-order valence-electron chi connectivity index (χ2n) is 4.82. The lowest BCUT2D eigenvalue weighted by atomic mass is 10.0. The van der Waals surface area contributed by atoms with E-state index in [1.165, 1.54) is 0 Å². The molecule has 1 fully saturated rings. The van der Waals surface area contributed by atoms with E-state index in [0.29, 0.717) is 30.4 Å². The molecule has 0 saturated carbocycles. The quantitative estimate of drug-likeness (QED) is 0.857. The molecule has 1 heterocycles. The van der Waals surface area contributed by atoms with Crippen molar-refractivity contribution >= 4 is 11.6 Å². The Balaban J connectivity index is 2.18. The van der Waals surface area contributed by atoms with E-state index in [2.05, 4.69) is 5.32 Å². The summed E-state index contributed by atoms with van der Waals surface area (Å²) in [5, 5.41) is 2.87. The molecule has 20 heavy (non-hydrogen) atoms. The third-order valence-electron chi connectivity index (χ3n) is 3.45. The summed E-state index contributed by atoms with van der Waals surface area (Å²) in [7, 11) is 3.13. The number of hydrogen-bond acceptors (Lipinski definition) is 5. The highest BCUT2D eigenvalue weighted by molar-refractivity contribution is 5.94. The summed E-state index contributed by atoms with van der Waals surface area (Å²) < 4.78 is 15.7. The van der Waals surface area contributed by atoms with Crippen molar-refractivity contribution in [2.45, 2.75) is 13.0 Å². The third-order valence-corrected chi connectivity index (χ3v) is 3.45. The van der Waals surface area contributed by atoms with E-state index in [-0.39, 0.29) is 17.9 Å². The van der Waals surface area contributed by atoms with Crippen molar-refractivity contribution in [3.8, 4) is 11.5 Å². The number of rotatable bonds is 4. The molecule has 2 rings (SSSR count). The maximum atomic E-state index is 12.2. The first-order valence-electron chi connectivity index (χ1n) is 6.43. The molecule has 0 bridgehead atoms. The standard InChI is InChI=1S/C14H20N2O4/c1-8-4-12(18-2)13(19-3)5-11(8)16-14(17)9-6-20-7-10(9)15/h4-5,9-10H,6-7,15H2,1-3H3,(H,16,17). The van der Waals surface area contributed by atoms with Gasteiger partial charge in [0.05, 0.1) is 33.4 Å². The largest absolute Gasteiger partial charge is 0.493 e. The van der Waals surface area contributed by atoms with Gasteiger partial charge in [0.15, 0.2) is 11.5 Å². The molecule has 0 radical (unpaired) electrons. The van der Waals surface area contributed by atoms with Gasteiger partial charge in [0.2, 0.25) is 5.91 Å². The van der Waals surface area contributed by atoms with Crippen molar-refractivity contribution in [2.75, 3.05) is 32.8 Å². The molecule has 1 aliphatic rings. The zero-order valence-corrected chi connectivity index (χ0v) is 11.9. The maximum Gasteiger partial charge on any atom is 0.231 e. The molecule has 6 nitrogen and oxygen atoms in total. The van der Waals surface area contributed by atoms with Crippen LogP contribution in [0.2, 0.25) is 0 Å². The normalized spacial score (nSPS) is 21.6. The topological polar surface area (TPSA) is 82.8 Å². The molecule has 2 unspecified atom stereocenters. The molecule has 1 aromatic rings. The molecule has 0 aliphatic carbocycles. The van der Waals surface area contributed by atoms with Crippen LogP contribution < -0.4 is 20.5 Å².